The van der Waals surface area contributed by atoms with Gasteiger partial charge in [0.2, 0.25) is 0 Å². The van der Waals surface area contributed by atoms with Gasteiger partial charge in [-0.2, -0.15) is 0 Å². The van der Waals surface area contributed by atoms with Crippen LogP contribution in [0.25, 0.3) is 0 Å². The minimum Gasteiger partial charge on any atom is -0.469 e. The van der Waals surface area contributed by atoms with Crippen molar-refractivity contribution in [2.75, 3.05) is 7.11 Å². The van der Waals surface area contributed by atoms with E-state index in [0.29, 0.717) is 6.42 Å². The van der Waals surface area contributed by atoms with Crippen molar-refractivity contribution >= 4 is 11.9 Å². The fourth-order valence-electron chi connectivity index (χ4n) is 6.62. The molecular weight excluding hydrogens is 356 g/mol. The monoisotopic (exact) mass is 392 g/mol. The molecular formula is C23H36O5. The van der Waals surface area contributed by atoms with Gasteiger partial charge in [0.15, 0.2) is 6.10 Å². The Hall–Kier alpha value is -1.36. The number of ether oxygens (including phenoxy) is 2. The fourth-order valence-corrected chi connectivity index (χ4v) is 6.62. The van der Waals surface area contributed by atoms with Gasteiger partial charge in [0.1, 0.15) is 5.60 Å². The number of aliphatic hydroxyl groups is 1. The molecule has 3 aliphatic carbocycles. The Morgan fingerprint density at radius 1 is 1.21 bits per heavy atom. The van der Waals surface area contributed by atoms with Gasteiger partial charge in [-0.1, -0.05) is 33.3 Å². The summed E-state index contributed by atoms with van der Waals surface area (Å²) in [5, 5.41) is 11.4. The van der Waals surface area contributed by atoms with Gasteiger partial charge in [0.25, 0.3) is 0 Å². The third-order valence-electron chi connectivity index (χ3n) is 8.29. The lowest BCUT2D eigenvalue weighted by molar-refractivity contribution is -0.182. The summed E-state index contributed by atoms with van der Waals surface area (Å²) in [4.78, 5) is 24.6. The molecule has 5 heteroatoms. The van der Waals surface area contributed by atoms with Gasteiger partial charge in [0.05, 0.1) is 12.5 Å². The van der Waals surface area contributed by atoms with Crippen molar-refractivity contribution in [1.29, 1.82) is 0 Å². The minimum atomic E-state index is -1.04. The standard InChI is InChI=1S/C23H36O5/c1-14(2)23(26)13-10-17-16(19(23)28-15(3)24)8-9-18-21(17,4)11-7-12-22(18,5)20(25)27-6/h8,14,17-19,26H,7,9-13H2,1-6H3/t17-,18+,19+,21+,22+,23+/m0/s1. The van der Waals surface area contributed by atoms with Crippen LogP contribution < -0.4 is 0 Å². The van der Waals surface area contributed by atoms with Gasteiger partial charge in [-0.15, -0.1) is 0 Å². The third kappa shape index (κ3) is 3.01. The molecule has 0 radical (unpaired) electrons. The molecule has 0 heterocycles. The van der Waals surface area contributed by atoms with E-state index < -0.39 is 17.1 Å². The van der Waals surface area contributed by atoms with E-state index >= 15 is 0 Å². The largest absolute Gasteiger partial charge is 0.469 e. The van der Waals surface area contributed by atoms with Gasteiger partial charge in [-0.25, -0.2) is 0 Å². The Morgan fingerprint density at radius 3 is 2.46 bits per heavy atom. The third-order valence-corrected chi connectivity index (χ3v) is 8.29. The normalized spacial score (nSPS) is 42.9. The van der Waals surface area contributed by atoms with Crippen LogP contribution in [0.15, 0.2) is 11.6 Å². The first-order chi connectivity index (χ1) is 13.0. The molecule has 0 aromatic carbocycles. The summed E-state index contributed by atoms with van der Waals surface area (Å²) < 4.78 is 10.9. The van der Waals surface area contributed by atoms with Crippen LogP contribution >= 0.6 is 0 Å². The van der Waals surface area contributed by atoms with E-state index in [1.54, 1.807) is 0 Å². The molecule has 3 aliphatic rings. The van der Waals surface area contributed by atoms with Gasteiger partial charge >= 0.3 is 11.9 Å². The highest BCUT2D eigenvalue weighted by Gasteiger charge is 2.61. The number of hydrogen-bond donors (Lipinski definition) is 1. The number of hydrogen-bond acceptors (Lipinski definition) is 5. The van der Waals surface area contributed by atoms with E-state index in [2.05, 4.69) is 19.9 Å². The van der Waals surface area contributed by atoms with E-state index in [1.807, 2.05) is 13.8 Å². The second kappa shape index (κ2) is 7.16. The molecule has 0 saturated heterocycles. The van der Waals surface area contributed by atoms with Crippen molar-refractivity contribution in [3.05, 3.63) is 11.6 Å². The summed E-state index contributed by atoms with van der Waals surface area (Å²) in [6.45, 7) is 9.73. The number of fused-ring (bicyclic) bond motifs is 3. The molecule has 2 fully saturated rings. The molecule has 1 N–H and O–H groups in total. The first kappa shape index (κ1) is 21.4. The minimum absolute atomic E-state index is 0.0177. The second-order valence-corrected chi connectivity index (χ2v) is 9.99. The molecule has 28 heavy (non-hydrogen) atoms. The molecule has 5 nitrogen and oxygen atoms in total. The van der Waals surface area contributed by atoms with E-state index in [1.165, 1.54) is 14.0 Å². The fraction of sp³-hybridized carbons (Fsp3) is 0.826. The molecule has 0 spiro atoms. The van der Waals surface area contributed by atoms with E-state index in [0.717, 1.165) is 37.7 Å². The van der Waals surface area contributed by atoms with Crippen LogP contribution in [-0.4, -0.2) is 35.9 Å². The predicted molar refractivity (Wildman–Crippen MR) is 106 cm³/mol. The summed E-state index contributed by atoms with van der Waals surface area (Å²) >= 11 is 0. The summed E-state index contributed by atoms with van der Waals surface area (Å²) in [6, 6.07) is 0. The maximum atomic E-state index is 12.7. The Morgan fingerprint density at radius 2 is 1.89 bits per heavy atom. The molecule has 0 amide bonds. The van der Waals surface area contributed by atoms with Crippen LogP contribution in [0.5, 0.6) is 0 Å². The van der Waals surface area contributed by atoms with Crippen molar-refractivity contribution in [1.82, 2.24) is 0 Å². The number of rotatable bonds is 3. The SMILES string of the molecule is COC(=O)[C@]1(C)CCC[C@@]2(C)[C@H]1CC=C1[C@@H](OC(C)=O)[C@](O)(C(C)C)CC[C@@H]12. The molecule has 0 aliphatic heterocycles. The van der Waals surface area contributed by atoms with Gasteiger partial charge in [0, 0.05) is 6.92 Å². The highest BCUT2D eigenvalue weighted by atomic mass is 16.6. The van der Waals surface area contributed by atoms with Crippen LogP contribution in [0.4, 0.5) is 0 Å². The van der Waals surface area contributed by atoms with Crippen molar-refractivity contribution in [3.8, 4) is 0 Å². The van der Waals surface area contributed by atoms with Crippen molar-refractivity contribution in [3.63, 3.8) is 0 Å². The zero-order valence-electron chi connectivity index (χ0n) is 18.2. The van der Waals surface area contributed by atoms with Crippen molar-refractivity contribution in [2.24, 2.45) is 28.6 Å². The number of esters is 2. The topological polar surface area (TPSA) is 72.8 Å². The molecule has 2 saturated carbocycles. The second-order valence-electron chi connectivity index (χ2n) is 9.99. The molecule has 0 aromatic rings. The number of carbonyl (C=O) groups is 2. The number of methoxy groups -OCH3 is 1. The number of allylic oxidation sites excluding steroid dienone is 1. The van der Waals surface area contributed by atoms with Crippen LogP contribution in [-0.2, 0) is 19.1 Å². The summed E-state index contributed by atoms with van der Waals surface area (Å²) in [5.74, 6) is -0.0970. The molecule has 3 rings (SSSR count). The Bertz CT molecular complexity index is 682. The maximum Gasteiger partial charge on any atom is 0.311 e. The highest BCUT2D eigenvalue weighted by Crippen LogP contribution is 2.63. The van der Waals surface area contributed by atoms with Crippen molar-refractivity contribution in [2.45, 2.75) is 84.8 Å². The predicted octanol–water partition coefficient (Wildman–Crippen LogP) is 4.03. The van der Waals surface area contributed by atoms with Gasteiger partial charge in [-0.05, 0) is 67.8 Å². The molecule has 158 valence electrons. The van der Waals surface area contributed by atoms with Crippen LogP contribution in [0, 0.1) is 28.6 Å². The Labute approximate surface area is 168 Å². The molecule has 0 unspecified atom stereocenters. The van der Waals surface area contributed by atoms with Gasteiger partial charge in [-0.3, -0.25) is 9.59 Å². The maximum absolute atomic E-state index is 12.7. The molecule has 0 bridgehead atoms. The zero-order valence-corrected chi connectivity index (χ0v) is 18.2. The van der Waals surface area contributed by atoms with E-state index in [9.17, 15) is 14.7 Å². The quantitative estimate of drug-likeness (QED) is 0.580. The van der Waals surface area contributed by atoms with Crippen LogP contribution in [0.3, 0.4) is 0 Å². The van der Waals surface area contributed by atoms with Crippen molar-refractivity contribution < 1.29 is 24.2 Å². The lowest BCUT2D eigenvalue weighted by Gasteiger charge is -2.60. The molecule has 6 atom stereocenters. The lowest BCUT2D eigenvalue weighted by atomic mass is 9.45. The lowest BCUT2D eigenvalue weighted by Crippen LogP contribution is -2.60. The average Bonchev–Trinajstić information content (AvgIpc) is 2.62. The van der Waals surface area contributed by atoms with Crippen LogP contribution in [0.2, 0.25) is 0 Å². The van der Waals surface area contributed by atoms with E-state index in [-0.39, 0.29) is 35.1 Å². The summed E-state index contributed by atoms with van der Waals surface area (Å²) in [5.41, 5.74) is -0.544. The number of carbonyl (C=O) groups excluding carboxylic acids is 2. The Balaban J connectivity index is 2.05. The summed E-state index contributed by atoms with van der Waals surface area (Å²) in [7, 11) is 1.48. The average molecular weight is 393 g/mol. The summed E-state index contributed by atoms with van der Waals surface area (Å²) in [6.07, 6.45) is 6.62. The molecule has 0 aromatic heterocycles. The Kier molecular flexibility index (Phi) is 5.46. The smallest absolute Gasteiger partial charge is 0.311 e. The zero-order chi connectivity index (χ0) is 20.9. The van der Waals surface area contributed by atoms with Gasteiger partial charge < -0.3 is 14.6 Å². The first-order valence-corrected chi connectivity index (χ1v) is 10.7. The van der Waals surface area contributed by atoms with E-state index in [4.69, 9.17) is 9.47 Å². The van der Waals surface area contributed by atoms with Crippen LogP contribution in [0.1, 0.15) is 73.1 Å². The highest BCUT2D eigenvalue weighted by molar-refractivity contribution is 5.77. The first-order valence-electron chi connectivity index (χ1n) is 10.7.